The van der Waals surface area contributed by atoms with Gasteiger partial charge in [0.15, 0.2) is 0 Å². The summed E-state index contributed by atoms with van der Waals surface area (Å²) in [7, 11) is -3.51. The average molecular weight is 529 g/mol. The van der Waals surface area contributed by atoms with Crippen molar-refractivity contribution in [3.05, 3.63) is 64.4 Å². The zero-order valence-corrected chi connectivity index (χ0v) is 22.1. The monoisotopic (exact) mass is 528 g/mol. The minimum Gasteiger partial charge on any atom is -0.486 e. The van der Waals surface area contributed by atoms with Crippen molar-refractivity contribution < 1.29 is 13.2 Å². The van der Waals surface area contributed by atoms with E-state index in [2.05, 4.69) is 16.9 Å². The van der Waals surface area contributed by atoms with Gasteiger partial charge in [-0.2, -0.15) is 14.1 Å². The lowest BCUT2D eigenvalue weighted by atomic mass is 10.2. The summed E-state index contributed by atoms with van der Waals surface area (Å²) in [5, 5.41) is 6.25. The SMILES string of the molecule is CCCCCCCOc1c(N2CC3CC2CN3S(=O)(=O)c2cccs2)cnn(-c2ccccc2)c1=O. The van der Waals surface area contributed by atoms with Crippen molar-refractivity contribution in [3.8, 4) is 11.4 Å². The molecule has 0 aliphatic carbocycles. The van der Waals surface area contributed by atoms with Crippen LogP contribution >= 0.6 is 11.3 Å². The Morgan fingerprint density at radius 2 is 1.83 bits per heavy atom. The molecule has 0 radical (unpaired) electrons. The number of rotatable bonds is 11. The van der Waals surface area contributed by atoms with Gasteiger partial charge in [0.2, 0.25) is 5.75 Å². The number of fused-ring (bicyclic) bond motifs is 2. The van der Waals surface area contributed by atoms with Crippen LogP contribution in [0, 0.1) is 0 Å². The minimum absolute atomic E-state index is 0.0228. The number of hydrogen-bond donors (Lipinski definition) is 0. The van der Waals surface area contributed by atoms with Crippen molar-refractivity contribution in [2.24, 2.45) is 0 Å². The highest BCUT2D eigenvalue weighted by molar-refractivity contribution is 7.91. The molecule has 192 valence electrons. The lowest BCUT2D eigenvalue weighted by Gasteiger charge is -2.35. The van der Waals surface area contributed by atoms with Crippen LogP contribution in [-0.4, -0.2) is 54.3 Å². The van der Waals surface area contributed by atoms with Crippen LogP contribution in [0.3, 0.4) is 0 Å². The molecule has 2 fully saturated rings. The molecule has 2 aromatic heterocycles. The van der Waals surface area contributed by atoms with E-state index in [1.807, 2.05) is 30.3 Å². The molecular weight excluding hydrogens is 496 g/mol. The maximum atomic E-state index is 13.5. The number of aromatic nitrogens is 2. The number of unbranched alkanes of at least 4 members (excludes halogenated alkanes) is 4. The predicted molar refractivity (Wildman–Crippen MR) is 142 cm³/mol. The standard InChI is InChI=1S/C26H32N4O4S2/c1-2-3-4-5-9-14-34-25-23(17-27-30(26(25)31)20-11-7-6-8-12-20)28-18-22-16-21(28)19-29(22)36(32,33)24-13-10-15-35-24/h6-8,10-13,15,17,21-22H,2-5,9,14,16,18-19H2,1H3. The first-order valence-corrected chi connectivity index (χ1v) is 14.9. The number of piperazine rings is 1. The molecular formula is C26H32N4O4S2. The third kappa shape index (κ3) is 4.81. The van der Waals surface area contributed by atoms with Gasteiger partial charge in [0.1, 0.15) is 9.90 Å². The Labute approximate surface area is 216 Å². The van der Waals surface area contributed by atoms with Crippen molar-refractivity contribution in [3.63, 3.8) is 0 Å². The second kappa shape index (κ2) is 10.7. The zero-order chi connectivity index (χ0) is 25.1. The van der Waals surface area contributed by atoms with E-state index in [9.17, 15) is 13.2 Å². The largest absolute Gasteiger partial charge is 0.486 e. The number of sulfonamides is 1. The second-order valence-corrected chi connectivity index (χ2v) is 12.4. The summed E-state index contributed by atoms with van der Waals surface area (Å²) in [5.41, 5.74) is 1.04. The Kier molecular flexibility index (Phi) is 7.45. The Hall–Kier alpha value is -2.69. The first-order chi connectivity index (χ1) is 17.5. The van der Waals surface area contributed by atoms with Crippen LogP contribution in [0.5, 0.6) is 5.75 Å². The highest BCUT2D eigenvalue weighted by Crippen LogP contribution is 2.40. The van der Waals surface area contributed by atoms with Gasteiger partial charge in [-0.3, -0.25) is 4.79 Å². The van der Waals surface area contributed by atoms with Gasteiger partial charge in [-0.15, -0.1) is 11.3 Å². The maximum Gasteiger partial charge on any atom is 0.316 e. The average Bonchev–Trinajstić information content (AvgIpc) is 3.65. The summed E-state index contributed by atoms with van der Waals surface area (Å²) in [6.07, 6.45) is 7.89. The van der Waals surface area contributed by atoms with E-state index in [1.54, 1.807) is 28.0 Å². The summed E-state index contributed by atoms with van der Waals surface area (Å²) in [4.78, 5) is 15.7. The molecule has 4 heterocycles. The van der Waals surface area contributed by atoms with Gasteiger partial charge in [0.25, 0.3) is 10.0 Å². The fourth-order valence-corrected chi connectivity index (χ4v) is 7.93. The summed E-state index contributed by atoms with van der Waals surface area (Å²) in [6.45, 7) is 3.55. The molecule has 2 aliphatic rings. The van der Waals surface area contributed by atoms with Crippen molar-refractivity contribution in [2.45, 2.75) is 61.7 Å². The third-order valence-electron chi connectivity index (χ3n) is 6.97. The summed E-state index contributed by atoms with van der Waals surface area (Å²) in [5.74, 6) is 0.296. The number of anilines is 1. The molecule has 2 bridgehead atoms. The Morgan fingerprint density at radius 1 is 1.03 bits per heavy atom. The van der Waals surface area contributed by atoms with Gasteiger partial charge in [-0.05, 0) is 36.4 Å². The van der Waals surface area contributed by atoms with Crippen molar-refractivity contribution in [1.29, 1.82) is 0 Å². The van der Waals surface area contributed by atoms with E-state index in [4.69, 9.17) is 4.74 Å². The van der Waals surface area contributed by atoms with Gasteiger partial charge >= 0.3 is 5.56 Å². The van der Waals surface area contributed by atoms with Crippen molar-refractivity contribution in [1.82, 2.24) is 14.1 Å². The molecule has 5 rings (SSSR count). The van der Waals surface area contributed by atoms with Crippen LogP contribution in [0.4, 0.5) is 5.69 Å². The molecule has 8 nitrogen and oxygen atoms in total. The topological polar surface area (TPSA) is 84.7 Å². The minimum atomic E-state index is -3.51. The Morgan fingerprint density at radius 3 is 2.53 bits per heavy atom. The number of nitrogens with zero attached hydrogens (tertiary/aromatic N) is 4. The van der Waals surface area contributed by atoms with E-state index in [1.165, 1.54) is 28.9 Å². The number of thiophene rings is 1. The molecule has 0 saturated carbocycles. The number of para-hydroxylation sites is 1. The van der Waals surface area contributed by atoms with Crippen molar-refractivity contribution in [2.75, 3.05) is 24.6 Å². The van der Waals surface area contributed by atoms with E-state index >= 15 is 0 Å². The molecule has 0 amide bonds. The van der Waals surface area contributed by atoms with Gasteiger partial charge in [-0.25, -0.2) is 8.42 Å². The molecule has 2 atom stereocenters. The molecule has 2 saturated heterocycles. The second-order valence-electron chi connectivity index (χ2n) is 9.38. The van der Waals surface area contributed by atoms with Gasteiger partial charge in [0, 0.05) is 25.2 Å². The van der Waals surface area contributed by atoms with Crippen LogP contribution in [0.1, 0.15) is 45.4 Å². The quantitative estimate of drug-likeness (QED) is 0.345. The lowest BCUT2D eigenvalue weighted by molar-refractivity contribution is 0.297. The molecule has 10 heteroatoms. The predicted octanol–water partition coefficient (Wildman–Crippen LogP) is 4.30. The number of ether oxygens (including phenoxy) is 1. The normalized spacial score (nSPS) is 19.8. The van der Waals surface area contributed by atoms with Gasteiger partial charge in [0.05, 0.1) is 18.5 Å². The van der Waals surface area contributed by atoms with Gasteiger partial charge in [-0.1, -0.05) is 56.9 Å². The molecule has 0 spiro atoms. The number of hydrogen-bond acceptors (Lipinski definition) is 7. The van der Waals surface area contributed by atoms with E-state index in [0.29, 0.717) is 41.0 Å². The molecule has 2 aliphatic heterocycles. The molecule has 2 unspecified atom stereocenters. The van der Waals surface area contributed by atoms with Crippen LogP contribution in [0.15, 0.2) is 63.0 Å². The smallest absolute Gasteiger partial charge is 0.316 e. The fourth-order valence-electron chi connectivity index (χ4n) is 5.15. The molecule has 36 heavy (non-hydrogen) atoms. The molecule has 1 aromatic carbocycles. The fraction of sp³-hybridized carbons (Fsp3) is 0.462. The summed E-state index contributed by atoms with van der Waals surface area (Å²) in [6, 6.07) is 12.6. The van der Waals surface area contributed by atoms with Crippen LogP contribution < -0.4 is 15.2 Å². The van der Waals surface area contributed by atoms with Crippen LogP contribution in [-0.2, 0) is 10.0 Å². The van der Waals surface area contributed by atoms with E-state index < -0.39 is 10.0 Å². The number of benzene rings is 1. The summed E-state index contributed by atoms with van der Waals surface area (Å²) < 4.78 is 35.8. The highest BCUT2D eigenvalue weighted by atomic mass is 32.2. The maximum absolute atomic E-state index is 13.5. The van der Waals surface area contributed by atoms with Crippen LogP contribution in [0.2, 0.25) is 0 Å². The Balaban J connectivity index is 1.39. The van der Waals surface area contributed by atoms with Gasteiger partial charge < -0.3 is 9.64 Å². The van der Waals surface area contributed by atoms with E-state index in [-0.39, 0.29) is 17.6 Å². The zero-order valence-electron chi connectivity index (χ0n) is 20.5. The summed E-state index contributed by atoms with van der Waals surface area (Å²) >= 11 is 1.24. The van der Waals surface area contributed by atoms with Crippen LogP contribution in [0.25, 0.3) is 5.69 Å². The van der Waals surface area contributed by atoms with E-state index in [0.717, 1.165) is 25.7 Å². The third-order valence-corrected chi connectivity index (χ3v) is 10.3. The lowest BCUT2D eigenvalue weighted by Crippen LogP contribution is -2.49. The Bertz CT molecular complexity index is 1330. The first-order valence-electron chi connectivity index (χ1n) is 12.6. The first kappa shape index (κ1) is 25.0. The molecule has 0 N–H and O–H groups in total. The van der Waals surface area contributed by atoms with Crippen molar-refractivity contribution >= 4 is 27.0 Å². The highest BCUT2D eigenvalue weighted by Gasteiger charge is 2.49. The molecule has 3 aromatic rings.